The van der Waals surface area contributed by atoms with E-state index in [9.17, 15) is 4.79 Å². The van der Waals surface area contributed by atoms with E-state index in [0.29, 0.717) is 6.42 Å². The van der Waals surface area contributed by atoms with Gasteiger partial charge in [-0.05, 0) is 30.5 Å². The molecule has 114 valence electrons. The molecule has 0 spiro atoms. The number of carbonyl (C=O) groups excluding carboxylic acids is 1. The third kappa shape index (κ3) is 3.80. The zero-order valence-electron chi connectivity index (χ0n) is 12.5. The molecule has 1 saturated carbocycles. The lowest BCUT2D eigenvalue weighted by Gasteiger charge is -2.38. The molecule has 0 aromatic heterocycles. The predicted molar refractivity (Wildman–Crippen MR) is 87.8 cm³/mol. The van der Waals surface area contributed by atoms with Crippen molar-refractivity contribution in [2.75, 3.05) is 26.2 Å². The highest BCUT2D eigenvalue weighted by Crippen LogP contribution is 2.24. The Bertz CT molecular complexity index is 474. The van der Waals surface area contributed by atoms with Crippen LogP contribution in [0.4, 0.5) is 0 Å². The number of thiol groups is 1. The number of hydrogen-bond donors (Lipinski definition) is 1. The maximum Gasteiger partial charge on any atom is 0.227 e. The molecular weight excluding hydrogens is 280 g/mol. The van der Waals surface area contributed by atoms with Crippen LogP contribution >= 0.6 is 12.6 Å². The minimum atomic E-state index is 0.257. The number of hydrogen-bond acceptors (Lipinski definition) is 3. The number of amides is 1. The van der Waals surface area contributed by atoms with E-state index in [1.807, 2.05) is 29.2 Å². The van der Waals surface area contributed by atoms with Crippen molar-refractivity contribution in [1.82, 2.24) is 9.80 Å². The van der Waals surface area contributed by atoms with Crippen molar-refractivity contribution in [2.45, 2.75) is 43.0 Å². The second-order valence-corrected chi connectivity index (χ2v) is 6.71. The lowest BCUT2D eigenvalue weighted by Crippen LogP contribution is -2.51. The second kappa shape index (κ2) is 6.84. The summed E-state index contributed by atoms with van der Waals surface area (Å²) < 4.78 is 0. The molecular formula is C17H24N2OS. The molecule has 21 heavy (non-hydrogen) atoms. The van der Waals surface area contributed by atoms with Crippen molar-refractivity contribution in [3.8, 4) is 0 Å². The van der Waals surface area contributed by atoms with Crippen LogP contribution in [0, 0.1) is 0 Å². The number of carbonyl (C=O) groups is 1. The molecule has 0 bridgehead atoms. The molecule has 0 N–H and O–H groups in total. The van der Waals surface area contributed by atoms with Gasteiger partial charge in [0.05, 0.1) is 6.42 Å². The summed E-state index contributed by atoms with van der Waals surface area (Å²) in [6.45, 7) is 3.87. The highest BCUT2D eigenvalue weighted by Gasteiger charge is 2.27. The Morgan fingerprint density at radius 1 is 1.05 bits per heavy atom. The number of nitrogens with zero attached hydrogens (tertiary/aromatic N) is 2. The fourth-order valence-electron chi connectivity index (χ4n) is 3.51. The Kier molecular flexibility index (Phi) is 4.86. The largest absolute Gasteiger partial charge is 0.340 e. The van der Waals surface area contributed by atoms with Gasteiger partial charge in [-0.25, -0.2) is 0 Å². The molecule has 0 atom stereocenters. The van der Waals surface area contributed by atoms with Crippen molar-refractivity contribution in [3.05, 3.63) is 29.8 Å². The van der Waals surface area contributed by atoms with Gasteiger partial charge in [-0.15, -0.1) is 12.6 Å². The summed E-state index contributed by atoms with van der Waals surface area (Å²) in [5.41, 5.74) is 1.08. The number of rotatable bonds is 3. The SMILES string of the molecule is O=C(Cc1ccc(S)cc1)N1CCN(C2CCCC2)CC1. The normalized spacial score (nSPS) is 20.9. The van der Waals surface area contributed by atoms with Gasteiger partial charge < -0.3 is 4.90 Å². The molecule has 1 aliphatic heterocycles. The first-order valence-corrected chi connectivity index (χ1v) is 8.47. The molecule has 0 radical (unpaired) electrons. The van der Waals surface area contributed by atoms with Crippen molar-refractivity contribution in [2.24, 2.45) is 0 Å². The van der Waals surface area contributed by atoms with Crippen molar-refractivity contribution >= 4 is 18.5 Å². The number of benzene rings is 1. The van der Waals surface area contributed by atoms with Gasteiger partial charge in [0.2, 0.25) is 5.91 Å². The highest BCUT2D eigenvalue weighted by atomic mass is 32.1. The van der Waals surface area contributed by atoms with Crippen LogP contribution in [0.3, 0.4) is 0 Å². The van der Waals surface area contributed by atoms with Crippen molar-refractivity contribution in [1.29, 1.82) is 0 Å². The molecule has 4 heteroatoms. The summed E-state index contributed by atoms with van der Waals surface area (Å²) >= 11 is 4.28. The average molecular weight is 304 g/mol. The van der Waals surface area contributed by atoms with E-state index in [1.165, 1.54) is 25.7 Å². The van der Waals surface area contributed by atoms with Gasteiger partial charge in [0.15, 0.2) is 0 Å². The molecule has 0 unspecified atom stereocenters. The maximum absolute atomic E-state index is 12.4. The Hall–Kier alpha value is -1.00. The molecule has 3 nitrogen and oxygen atoms in total. The Balaban J connectivity index is 1.49. The Morgan fingerprint density at radius 2 is 1.67 bits per heavy atom. The average Bonchev–Trinajstić information content (AvgIpc) is 3.04. The molecule has 1 heterocycles. The molecule has 1 saturated heterocycles. The molecule has 1 amide bonds. The van der Waals surface area contributed by atoms with E-state index in [0.717, 1.165) is 42.7 Å². The summed E-state index contributed by atoms with van der Waals surface area (Å²) in [5.74, 6) is 0.257. The van der Waals surface area contributed by atoms with Gasteiger partial charge >= 0.3 is 0 Å². The summed E-state index contributed by atoms with van der Waals surface area (Å²) in [5, 5.41) is 0. The first-order chi connectivity index (χ1) is 10.2. The van der Waals surface area contributed by atoms with E-state index in [1.54, 1.807) is 0 Å². The van der Waals surface area contributed by atoms with Gasteiger partial charge in [-0.3, -0.25) is 9.69 Å². The van der Waals surface area contributed by atoms with E-state index in [4.69, 9.17) is 0 Å². The van der Waals surface area contributed by atoms with Crippen LogP contribution in [-0.4, -0.2) is 47.9 Å². The van der Waals surface area contributed by atoms with E-state index < -0.39 is 0 Å². The third-order valence-electron chi connectivity index (χ3n) is 4.80. The topological polar surface area (TPSA) is 23.6 Å². The van der Waals surface area contributed by atoms with Gasteiger partial charge in [0, 0.05) is 37.1 Å². The van der Waals surface area contributed by atoms with E-state index in [2.05, 4.69) is 17.5 Å². The molecule has 3 rings (SSSR count). The third-order valence-corrected chi connectivity index (χ3v) is 5.10. The highest BCUT2D eigenvalue weighted by molar-refractivity contribution is 7.80. The molecule has 1 aliphatic carbocycles. The standard InChI is InChI=1S/C17H24N2OS/c20-17(13-14-5-7-16(21)8-6-14)19-11-9-18(10-12-19)15-3-1-2-4-15/h5-8,15,21H,1-4,9-13H2. The van der Waals surface area contributed by atoms with Gasteiger partial charge in [0.25, 0.3) is 0 Å². The van der Waals surface area contributed by atoms with Crippen molar-refractivity contribution < 1.29 is 4.79 Å². The van der Waals surface area contributed by atoms with Gasteiger partial charge in [0.1, 0.15) is 0 Å². The molecule has 2 fully saturated rings. The van der Waals surface area contributed by atoms with Crippen LogP contribution in [0.2, 0.25) is 0 Å². The van der Waals surface area contributed by atoms with Crippen LogP contribution in [0.5, 0.6) is 0 Å². The second-order valence-electron chi connectivity index (χ2n) is 6.20. The van der Waals surface area contributed by atoms with Gasteiger partial charge in [-0.2, -0.15) is 0 Å². The fourth-order valence-corrected chi connectivity index (χ4v) is 3.66. The van der Waals surface area contributed by atoms with Crippen LogP contribution in [0.1, 0.15) is 31.2 Å². The van der Waals surface area contributed by atoms with Crippen LogP contribution < -0.4 is 0 Å². The van der Waals surface area contributed by atoms with Crippen LogP contribution in [0.15, 0.2) is 29.2 Å². The van der Waals surface area contributed by atoms with Crippen LogP contribution in [-0.2, 0) is 11.2 Å². The minimum Gasteiger partial charge on any atom is -0.340 e. The van der Waals surface area contributed by atoms with Crippen molar-refractivity contribution in [3.63, 3.8) is 0 Å². The van der Waals surface area contributed by atoms with E-state index >= 15 is 0 Å². The predicted octanol–water partition coefficient (Wildman–Crippen LogP) is 2.60. The van der Waals surface area contributed by atoms with E-state index in [-0.39, 0.29) is 5.91 Å². The zero-order valence-corrected chi connectivity index (χ0v) is 13.4. The molecule has 1 aromatic carbocycles. The first kappa shape index (κ1) is 14.9. The monoisotopic (exact) mass is 304 g/mol. The minimum absolute atomic E-state index is 0.257. The summed E-state index contributed by atoms with van der Waals surface area (Å²) in [6.07, 6.45) is 5.97. The lowest BCUT2D eigenvalue weighted by molar-refractivity contribution is -0.132. The van der Waals surface area contributed by atoms with Gasteiger partial charge in [-0.1, -0.05) is 25.0 Å². The quantitative estimate of drug-likeness (QED) is 0.868. The fraction of sp³-hybridized carbons (Fsp3) is 0.588. The summed E-state index contributed by atoms with van der Waals surface area (Å²) in [6, 6.07) is 8.67. The molecule has 2 aliphatic rings. The maximum atomic E-state index is 12.4. The number of piperazine rings is 1. The first-order valence-electron chi connectivity index (χ1n) is 8.02. The smallest absolute Gasteiger partial charge is 0.227 e. The lowest BCUT2D eigenvalue weighted by atomic mass is 10.1. The van der Waals surface area contributed by atoms with Crippen LogP contribution in [0.25, 0.3) is 0 Å². The zero-order chi connectivity index (χ0) is 14.7. The Morgan fingerprint density at radius 3 is 2.29 bits per heavy atom. The summed E-state index contributed by atoms with van der Waals surface area (Å²) in [4.78, 5) is 17.9. The Labute approximate surface area is 132 Å². The molecule has 1 aromatic rings. The summed E-state index contributed by atoms with van der Waals surface area (Å²) in [7, 11) is 0.